The summed E-state index contributed by atoms with van der Waals surface area (Å²) in [6.45, 7) is 5.03. The van der Waals surface area contributed by atoms with Gasteiger partial charge in [0.15, 0.2) is 0 Å². The maximum atomic E-state index is 4.36. The Morgan fingerprint density at radius 2 is 2.11 bits per heavy atom. The van der Waals surface area contributed by atoms with E-state index in [1.54, 1.807) is 0 Å². The average molecular weight is 239 g/mol. The van der Waals surface area contributed by atoms with E-state index in [4.69, 9.17) is 0 Å². The van der Waals surface area contributed by atoms with Gasteiger partial charge in [-0.1, -0.05) is 18.2 Å². The smallest absolute Gasteiger partial charge is 0.0605 e. The molecule has 92 valence electrons. The molecule has 3 heteroatoms. The SMILES string of the molecule is Cc1ncccc1CN1CCNc2ccccc21. The molecule has 2 heterocycles. The molecule has 3 nitrogen and oxygen atoms in total. The number of aryl methyl sites for hydroxylation is 1. The number of aromatic nitrogens is 1. The van der Waals surface area contributed by atoms with E-state index in [1.165, 1.54) is 16.9 Å². The molecular formula is C15H17N3. The Bertz CT molecular complexity index is 551. The highest BCUT2D eigenvalue weighted by atomic mass is 15.2. The van der Waals surface area contributed by atoms with Crippen LogP contribution in [0, 0.1) is 6.92 Å². The van der Waals surface area contributed by atoms with Crippen molar-refractivity contribution in [2.24, 2.45) is 0 Å². The van der Waals surface area contributed by atoms with Gasteiger partial charge in [-0.3, -0.25) is 4.98 Å². The van der Waals surface area contributed by atoms with Gasteiger partial charge in [-0.05, 0) is 30.7 Å². The molecule has 0 amide bonds. The highest BCUT2D eigenvalue weighted by molar-refractivity contribution is 5.71. The number of anilines is 2. The number of fused-ring (bicyclic) bond motifs is 1. The normalized spacial score (nSPS) is 13.9. The highest BCUT2D eigenvalue weighted by Crippen LogP contribution is 2.29. The van der Waals surface area contributed by atoms with Crippen molar-refractivity contribution in [3.8, 4) is 0 Å². The zero-order valence-corrected chi connectivity index (χ0v) is 10.6. The van der Waals surface area contributed by atoms with Gasteiger partial charge in [0.2, 0.25) is 0 Å². The first-order valence-corrected chi connectivity index (χ1v) is 6.33. The van der Waals surface area contributed by atoms with E-state index in [1.807, 2.05) is 12.3 Å². The predicted molar refractivity (Wildman–Crippen MR) is 75.0 cm³/mol. The Balaban J connectivity index is 1.89. The molecule has 1 aliphatic rings. The van der Waals surface area contributed by atoms with Crippen molar-refractivity contribution < 1.29 is 0 Å². The molecule has 3 rings (SSSR count). The maximum Gasteiger partial charge on any atom is 0.0605 e. The Hall–Kier alpha value is -2.03. The van der Waals surface area contributed by atoms with Crippen LogP contribution in [0.2, 0.25) is 0 Å². The predicted octanol–water partition coefficient (Wildman–Crippen LogP) is 2.82. The van der Waals surface area contributed by atoms with Crippen molar-refractivity contribution >= 4 is 11.4 Å². The van der Waals surface area contributed by atoms with Crippen molar-refractivity contribution in [1.82, 2.24) is 4.98 Å². The Morgan fingerprint density at radius 3 is 3.00 bits per heavy atom. The molecule has 2 aromatic rings. The molecule has 0 saturated heterocycles. The summed E-state index contributed by atoms with van der Waals surface area (Å²) >= 11 is 0. The second kappa shape index (κ2) is 4.69. The first kappa shape index (κ1) is 11.1. The summed E-state index contributed by atoms with van der Waals surface area (Å²) in [5.74, 6) is 0. The first-order chi connectivity index (χ1) is 8.84. The van der Waals surface area contributed by atoms with Crippen molar-refractivity contribution in [3.05, 3.63) is 53.9 Å². The van der Waals surface area contributed by atoms with Crippen LogP contribution < -0.4 is 10.2 Å². The zero-order chi connectivity index (χ0) is 12.4. The van der Waals surface area contributed by atoms with Gasteiger partial charge in [0.1, 0.15) is 0 Å². The summed E-state index contributed by atoms with van der Waals surface area (Å²) in [4.78, 5) is 6.77. The molecule has 0 aliphatic carbocycles. The van der Waals surface area contributed by atoms with Gasteiger partial charge >= 0.3 is 0 Å². The third-order valence-corrected chi connectivity index (χ3v) is 3.42. The number of nitrogens with zero attached hydrogens (tertiary/aromatic N) is 2. The van der Waals surface area contributed by atoms with Crippen LogP contribution in [0.4, 0.5) is 11.4 Å². The van der Waals surface area contributed by atoms with Gasteiger partial charge in [0.05, 0.1) is 11.4 Å². The van der Waals surface area contributed by atoms with Crippen LogP contribution in [0.3, 0.4) is 0 Å². The van der Waals surface area contributed by atoms with E-state index in [0.29, 0.717) is 0 Å². The third-order valence-electron chi connectivity index (χ3n) is 3.42. The van der Waals surface area contributed by atoms with Gasteiger partial charge < -0.3 is 10.2 Å². The molecule has 0 atom stereocenters. The van der Waals surface area contributed by atoms with Crippen molar-refractivity contribution in [1.29, 1.82) is 0 Å². The number of para-hydroxylation sites is 2. The third kappa shape index (κ3) is 2.04. The highest BCUT2D eigenvalue weighted by Gasteiger charge is 2.16. The fourth-order valence-electron chi connectivity index (χ4n) is 2.40. The summed E-state index contributed by atoms with van der Waals surface area (Å²) in [5, 5.41) is 3.44. The van der Waals surface area contributed by atoms with E-state index >= 15 is 0 Å². The molecule has 1 aromatic heterocycles. The fourth-order valence-corrected chi connectivity index (χ4v) is 2.40. The first-order valence-electron chi connectivity index (χ1n) is 6.33. The Morgan fingerprint density at radius 1 is 1.22 bits per heavy atom. The Kier molecular flexibility index (Phi) is 2.89. The summed E-state index contributed by atoms with van der Waals surface area (Å²) < 4.78 is 0. The molecule has 0 saturated carbocycles. The maximum absolute atomic E-state index is 4.36. The second-order valence-corrected chi connectivity index (χ2v) is 4.61. The van der Waals surface area contributed by atoms with E-state index < -0.39 is 0 Å². The van der Waals surface area contributed by atoms with Gasteiger partial charge in [-0.25, -0.2) is 0 Å². The van der Waals surface area contributed by atoms with Crippen LogP contribution >= 0.6 is 0 Å². The van der Waals surface area contributed by atoms with Crippen LogP contribution in [0.25, 0.3) is 0 Å². The van der Waals surface area contributed by atoms with E-state index in [2.05, 4.69) is 52.5 Å². The molecule has 18 heavy (non-hydrogen) atoms. The number of hydrogen-bond acceptors (Lipinski definition) is 3. The van der Waals surface area contributed by atoms with Crippen LogP contribution in [0.1, 0.15) is 11.3 Å². The van der Waals surface area contributed by atoms with Gasteiger partial charge in [-0.15, -0.1) is 0 Å². The monoisotopic (exact) mass is 239 g/mol. The summed E-state index contributed by atoms with van der Waals surface area (Å²) in [5.41, 5.74) is 4.93. The molecule has 0 fully saturated rings. The molecule has 1 aliphatic heterocycles. The van der Waals surface area contributed by atoms with Gasteiger partial charge in [-0.2, -0.15) is 0 Å². The lowest BCUT2D eigenvalue weighted by Crippen LogP contribution is -2.33. The second-order valence-electron chi connectivity index (χ2n) is 4.61. The van der Waals surface area contributed by atoms with Crippen LogP contribution in [-0.2, 0) is 6.54 Å². The van der Waals surface area contributed by atoms with Gasteiger partial charge in [0.25, 0.3) is 0 Å². The van der Waals surface area contributed by atoms with Crippen LogP contribution in [0.5, 0.6) is 0 Å². The largest absolute Gasteiger partial charge is 0.382 e. The summed E-state index contributed by atoms with van der Waals surface area (Å²) in [6, 6.07) is 12.6. The summed E-state index contributed by atoms with van der Waals surface area (Å²) in [7, 11) is 0. The minimum absolute atomic E-state index is 0.929. The van der Waals surface area contributed by atoms with Gasteiger partial charge in [0, 0.05) is 31.5 Å². The minimum atomic E-state index is 0.929. The molecule has 0 bridgehead atoms. The summed E-state index contributed by atoms with van der Waals surface area (Å²) in [6.07, 6.45) is 1.85. The van der Waals surface area contributed by atoms with Crippen molar-refractivity contribution in [3.63, 3.8) is 0 Å². The van der Waals surface area contributed by atoms with Crippen molar-refractivity contribution in [2.45, 2.75) is 13.5 Å². The quantitative estimate of drug-likeness (QED) is 0.873. The number of pyridine rings is 1. The lowest BCUT2D eigenvalue weighted by atomic mass is 10.1. The van der Waals surface area contributed by atoms with E-state index in [9.17, 15) is 0 Å². The molecule has 0 radical (unpaired) electrons. The van der Waals surface area contributed by atoms with E-state index in [-0.39, 0.29) is 0 Å². The number of rotatable bonds is 2. The fraction of sp³-hybridized carbons (Fsp3) is 0.267. The molecule has 0 spiro atoms. The zero-order valence-electron chi connectivity index (χ0n) is 10.6. The molecule has 1 aromatic carbocycles. The number of benzene rings is 1. The lowest BCUT2D eigenvalue weighted by molar-refractivity contribution is 0.780. The molecular weight excluding hydrogens is 222 g/mol. The van der Waals surface area contributed by atoms with E-state index in [0.717, 1.165) is 25.3 Å². The van der Waals surface area contributed by atoms with Crippen molar-refractivity contribution in [2.75, 3.05) is 23.3 Å². The minimum Gasteiger partial charge on any atom is -0.382 e. The Labute approximate surface area is 107 Å². The topological polar surface area (TPSA) is 28.2 Å². The molecule has 0 unspecified atom stereocenters. The number of hydrogen-bond donors (Lipinski definition) is 1. The standard InChI is InChI=1S/C15H17N3/c1-12-13(5-4-8-16-12)11-18-10-9-17-14-6-2-3-7-15(14)18/h2-8,17H,9-11H2,1H3. The lowest BCUT2D eigenvalue weighted by Gasteiger charge is -2.32. The van der Waals surface area contributed by atoms with Crippen LogP contribution in [0.15, 0.2) is 42.6 Å². The number of nitrogens with one attached hydrogen (secondary N) is 1. The average Bonchev–Trinajstić information content (AvgIpc) is 2.42. The molecule has 1 N–H and O–H groups in total. The van der Waals surface area contributed by atoms with Crippen LogP contribution in [-0.4, -0.2) is 18.1 Å².